The fourth-order valence-corrected chi connectivity index (χ4v) is 3.06. The first-order valence-electron chi connectivity index (χ1n) is 6.85. The number of anilines is 1. The molecule has 0 saturated carbocycles. The molecule has 1 aromatic heterocycles. The predicted octanol–water partition coefficient (Wildman–Crippen LogP) is 1.52. The van der Waals surface area contributed by atoms with Crippen molar-refractivity contribution in [1.29, 1.82) is 0 Å². The summed E-state index contributed by atoms with van der Waals surface area (Å²) in [4.78, 5) is 29.8. The van der Waals surface area contributed by atoms with Crippen molar-refractivity contribution in [2.45, 2.75) is 25.2 Å². The molecule has 0 unspecified atom stereocenters. The summed E-state index contributed by atoms with van der Waals surface area (Å²) in [6.45, 7) is 3.23. The average Bonchev–Trinajstić information content (AvgIpc) is 2.73. The number of ether oxygens (including phenoxy) is 1. The molecule has 20 heavy (non-hydrogen) atoms. The molecule has 0 radical (unpaired) electrons. The normalized spacial score (nSPS) is 19.6. The maximum absolute atomic E-state index is 12.3. The Bertz CT molecular complexity index is 550. The summed E-state index contributed by atoms with van der Waals surface area (Å²) < 4.78 is 5.01. The van der Waals surface area contributed by atoms with Crippen molar-refractivity contribution in [3.63, 3.8) is 0 Å². The summed E-state index contributed by atoms with van der Waals surface area (Å²) in [5.74, 6) is 0.0176. The van der Waals surface area contributed by atoms with Crippen molar-refractivity contribution in [2.24, 2.45) is 0 Å². The number of carbonyl (C=O) groups is 2. The third kappa shape index (κ3) is 1.83. The molecule has 0 aliphatic carbocycles. The second-order valence-corrected chi connectivity index (χ2v) is 5.14. The van der Waals surface area contributed by atoms with Crippen LogP contribution in [0.3, 0.4) is 0 Å². The van der Waals surface area contributed by atoms with Gasteiger partial charge >= 0.3 is 6.09 Å². The maximum atomic E-state index is 12.3. The number of carbonyl (C=O) groups excluding carboxylic acids is 2. The van der Waals surface area contributed by atoms with Crippen molar-refractivity contribution in [1.82, 2.24) is 9.88 Å². The maximum Gasteiger partial charge on any atom is 0.409 e. The molecule has 2 amide bonds. The van der Waals surface area contributed by atoms with Gasteiger partial charge in [-0.2, -0.15) is 0 Å². The molecule has 106 valence electrons. The van der Waals surface area contributed by atoms with Crippen molar-refractivity contribution in [3.8, 4) is 0 Å². The molecule has 3 rings (SSSR count). The Balaban J connectivity index is 1.80. The highest BCUT2D eigenvalue weighted by molar-refractivity contribution is 6.06. The minimum Gasteiger partial charge on any atom is -0.450 e. The van der Waals surface area contributed by atoms with Gasteiger partial charge in [-0.1, -0.05) is 0 Å². The molecule has 1 fully saturated rings. The number of piperidine rings is 1. The lowest BCUT2D eigenvalue weighted by molar-refractivity contribution is -0.122. The first kappa shape index (κ1) is 12.9. The molecule has 2 aliphatic rings. The van der Waals surface area contributed by atoms with Crippen LogP contribution in [0.1, 0.15) is 25.3 Å². The van der Waals surface area contributed by atoms with Crippen molar-refractivity contribution in [2.75, 3.05) is 25.0 Å². The van der Waals surface area contributed by atoms with Crippen molar-refractivity contribution < 1.29 is 14.3 Å². The summed E-state index contributed by atoms with van der Waals surface area (Å²) in [6, 6.07) is 1.90. The van der Waals surface area contributed by atoms with Gasteiger partial charge in [-0.15, -0.1) is 0 Å². The number of nitrogens with one attached hydrogen (secondary N) is 1. The highest BCUT2D eigenvalue weighted by Gasteiger charge is 2.49. The highest BCUT2D eigenvalue weighted by Crippen LogP contribution is 2.44. The number of hydrogen-bond acceptors (Lipinski definition) is 4. The summed E-state index contributed by atoms with van der Waals surface area (Å²) in [5, 5.41) is 2.89. The van der Waals surface area contributed by atoms with Crippen LogP contribution in [0.2, 0.25) is 0 Å². The van der Waals surface area contributed by atoms with E-state index in [2.05, 4.69) is 10.3 Å². The van der Waals surface area contributed by atoms with E-state index in [0.717, 1.165) is 11.3 Å². The predicted molar refractivity (Wildman–Crippen MR) is 72.4 cm³/mol. The van der Waals surface area contributed by atoms with Gasteiger partial charge in [0.05, 0.1) is 23.9 Å². The molecular formula is C14H17N3O3. The van der Waals surface area contributed by atoms with E-state index >= 15 is 0 Å². The number of likely N-dealkylation sites (tertiary alicyclic amines) is 1. The molecule has 1 saturated heterocycles. The third-order valence-corrected chi connectivity index (χ3v) is 4.16. The molecule has 1 spiro atoms. The van der Waals surface area contributed by atoms with Gasteiger partial charge in [0, 0.05) is 19.3 Å². The first-order chi connectivity index (χ1) is 9.67. The van der Waals surface area contributed by atoms with Crippen LogP contribution in [0.5, 0.6) is 0 Å². The van der Waals surface area contributed by atoms with Gasteiger partial charge in [-0.3, -0.25) is 9.78 Å². The molecule has 1 aromatic rings. The topological polar surface area (TPSA) is 71.5 Å². The molecule has 0 atom stereocenters. The van der Waals surface area contributed by atoms with Crippen LogP contribution in [0.15, 0.2) is 18.5 Å². The number of nitrogens with zero attached hydrogens (tertiary/aromatic N) is 2. The Hall–Kier alpha value is -2.11. The Kier molecular flexibility index (Phi) is 3.08. The lowest BCUT2D eigenvalue weighted by atomic mass is 9.74. The Morgan fingerprint density at radius 1 is 1.50 bits per heavy atom. The summed E-state index contributed by atoms with van der Waals surface area (Å²) in [6.07, 6.45) is 4.33. The minimum atomic E-state index is -0.513. The second-order valence-electron chi connectivity index (χ2n) is 5.14. The standard InChI is InChI=1S/C14H17N3O3/c1-2-20-13(19)17-7-4-14(5-8-17)10-3-6-15-9-11(10)16-12(14)18/h3,6,9H,2,4-5,7-8H2,1H3,(H,16,18). The monoisotopic (exact) mass is 275 g/mol. The highest BCUT2D eigenvalue weighted by atomic mass is 16.6. The lowest BCUT2D eigenvalue weighted by Crippen LogP contribution is -2.48. The Morgan fingerprint density at radius 3 is 2.95 bits per heavy atom. The van der Waals surface area contributed by atoms with Gasteiger partial charge in [0.15, 0.2) is 0 Å². The van der Waals surface area contributed by atoms with Crippen LogP contribution in [-0.4, -0.2) is 41.6 Å². The van der Waals surface area contributed by atoms with E-state index in [1.54, 1.807) is 24.2 Å². The summed E-state index contributed by atoms with van der Waals surface area (Å²) in [5.41, 5.74) is 1.28. The number of aromatic nitrogens is 1. The average molecular weight is 275 g/mol. The van der Waals surface area contributed by atoms with Crippen LogP contribution >= 0.6 is 0 Å². The van der Waals surface area contributed by atoms with Crippen LogP contribution in [-0.2, 0) is 14.9 Å². The fraction of sp³-hybridized carbons (Fsp3) is 0.500. The van der Waals surface area contributed by atoms with Crippen molar-refractivity contribution in [3.05, 3.63) is 24.0 Å². The zero-order valence-corrected chi connectivity index (χ0v) is 11.4. The molecule has 0 aromatic carbocycles. The van der Waals surface area contributed by atoms with E-state index in [4.69, 9.17) is 4.74 Å². The van der Waals surface area contributed by atoms with Crippen LogP contribution in [0.4, 0.5) is 10.5 Å². The molecule has 6 heteroatoms. The fourth-order valence-electron chi connectivity index (χ4n) is 3.06. The van der Waals surface area contributed by atoms with Crippen LogP contribution in [0, 0.1) is 0 Å². The minimum absolute atomic E-state index is 0.0176. The molecule has 6 nitrogen and oxygen atoms in total. The Morgan fingerprint density at radius 2 is 2.25 bits per heavy atom. The van der Waals surface area contributed by atoms with Crippen LogP contribution in [0.25, 0.3) is 0 Å². The van der Waals surface area contributed by atoms with Gasteiger partial charge in [0.2, 0.25) is 5.91 Å². The van der Waals surface area contributed by atoms with Gasteiger partial charge in [-0.05, 0) is 31.4 Å². The van der Waals surface area contributed by atoms with Gasteiger partial charge in [0.25, 0.3) is 0 Å². The number of pyridine rings is 1. The van der Waals surface area contributed by atoms with Gasteiger partial charge in [-0.25, -0.2) is 4.79 Å². The van der Waals surface area contributed by atoms with E-state index < -0.39 is 5.41 Å². The Labute approximate surface area is 117 Å². The molecular weight excluding hydrogens is 258 g/mol. The zero-order chi connectivity index (χ0) is 14.2. The molecule has 1 N–H and O–H groups in total. The van der Waals surface area contributed by atoms with E-state index in [0.29, 0.717) is 32.5 Å². The number of rotatable bonds is 1. The van der Waals surface area contributed by atoms with E-state index in [1.165, 1.54) is 0 Å². The number of amides is 2. The number of hydrogen-bond donors (Lipinski definition) is 1. The van der Waals surface area contributed by atoms with E-state index in [1.807, 2.05) is 6.07 Å². The second kappa shape index (κ2) is 4.77. The summed E-state index contributed by atoms with van der Waals surface area (Å²) in [7, 11) is 0. The largest absolute Gasteiger partial charge is 0.450 e. The van der Waals surface area contributed by atoms with Gasteiger partial charge in [0.1, 0.15) is 0 Å². The molecule has 3 heterocycles. The van der Waals surface area contributed by atoms with Crippen LogP contribution < -0.4 is 5.32 Å². The molecule has 0 bridgehead atoms. The quantitative estimate of drug-likeness (QED) is 0.843. The number of fused-ring (bicyclic) bond motifs is 2. The van der Waals surface area contributed by atoms with Gasteiger partial charge < -0.3 is 15.0 Å². The first-order valence-corrected chi connectivity index (χ1v) is 6.85. The van der Waals surface area contributed by atoms with E-state index in [9.17, 15) is 9.59 Å². The lowest BCUT2D eigenvalue weighted by Gasteiger charge is -2.37. The zero-order valence-electron chi connectivity index (χ0n) is 11.4. The molecule has 2 aliphatic heterocycles. The van der Waals surface area contributed by atoms with Crippen molar-refractivity contribution >= 4 is 17.7 Å². The smallest absolute Gasteiger partial charge is 0.409 e. The summed E-state index contributed by atoms with van der Waals surface area (Å²) >= 11 is 0. The van der Waals surface area contributed by atoms with E-state index in [-0.39, 0.29) is 12.0 Å². The third-order valence-electron chi connectivity index (χ3n) is 4.16. The SMILES string of the molecule is CCOC(=O)N1CCC2(CC1)C(=O)Nc1cnccc12.